The monoisotopic (exact) mass is 310 g/mol. The van der Waals surface area contributed by atoms with E-state index in [2.05, 4.69) is 26.2 Å². The van der Waals surface area contributed by atoms with E-state index in [0.717, 1.165) is 12.1 Å². The highest BCUT2D eigenvalue weighted by molar-refractivity contribution is 9.09. The smallest absolute Gasteiger partial charge is 0.347 e. The maximum absolute atomic E-state index is 12.2. The van der Waals surface area contributed by atoms with Crippen LogP contribution in [0.5, 0.6) is 0 Å². The molecule has 0 aliphatic rings. The van der Waals surface area contributed by atoms with Crippen molar-refractivity contribution in [3.8, 4) is 0 Å². The van der Waals surface area contributed by atoms with Gasteiger partial charge in [-0.15, -0.1) is 0 Å². The Morgan fingerprint density at radius 2 is 2.18 bits per heavy atom. The predicted molar refractivity (Wildman–Crippen MR) is 60.0 cm³/mol. The van der Waals surface area contributed by atoms with E-state index in [1.54, 1.807) is 6.92 Å². The molecule has 1 atom stereocenters. The number of carbonyl (C=O) groups is 1. The first-order valence-electron chi connectivity index (χ1n) is 4.74. The second-order valence-corrected chi connectivity index (χ2v) is 4.11. The summed E-state index contributed by atoms with van der Waals surface area (Å²) >= 11 is 3.17. The molecule has 3 nitrogen and oxygen atoms in total. The Balaban J connectivity index is 2.78. The number of amides is 1. The second-order valence-electron chi connectivity index (χ2n) is 3.46. The van der Waals surface area contributed by atoms with Crippen LogP contribution in [0.4, 0.5) is 13.2 Å². The molecule has 0 spiro atoms. The molecule has 0 radical (unpaired) electrons. The Morgan fingerprint density at radius 1 is 1.53 bits per heavy atom. The number of halogens is 4. The normalized spacial score (nSPS) is 13.2. The van der Waals surface area contributed by atoms with Crippen molar-refractivity contribution in [3.05, 3.63) is 29.6 Å². The van der Waals surface area contributed by atoms with Gasteiger partial charge in [-0.1, -0.05) is 15.9 Å². The van der Waals surface area contributed by atoms with Crippen LogP contribution in [0.15, 0.2) is 18.3 Å². The first-order valence-corrected chi connectivity index (χ1v) is 5.87. The summed E-state index contributed by atoms with van der Waals surface area (Å²) in [6.07, 6.45) is -3.79. The Bertz CT molecular complexity index is 392. The van der Waals surface area contributed by atoms with Crippen LogP contribution in [0.3, 0.4) is 0 Å². The zero-order chi connectivity index (χ0) is 13.1. The molecule has 1 N–H and O–H groups in total. The van der Waals surface area contributed by atoms with Crippen molar-refractivity contribution >= 4 is 21.8 Å². The summed E-state index contributed by atoms with van der Waals surface area (Å²) in [6.45, 7) is 1.76. The molecule has 0 aliphatic heterocycles. The van der Waals surface area contributed by atoms with Crippen LogP contribution in [0.1, 0.15) is 23.0 Å². The molecule has 1 aromatic heterocycles. The van der Waals surface area contributed by atoms with Crippen molar-refractivity contribution in [3.63, 3.8) is 0 Å². The summed E-state index contributed by atoms with van der Waals surface area (Å²) in [5, 5.41) is 3.13. The van der Waals surface area contributed by atoms with Crippen molar-refractivity contribution in [1.29, 1.82) is 0 Å². The first kappa shape index (κ1) is 14.0. The molecule has 0 aliphatic carbocycles. The van der Waals surface area contributed by atoms with E-state index in [4.69, 9.17) is 0 Å². The molecule has 0 fully saturated rings. The van der Waals surface area contributed by atoms with Crippen LogP contribution in [-0.4, -0.2) is 22.3 Å². The summed E-state index contributed by atoms with van der Waals surface area (Å²) in [7, 11) is 0. The van der Waals surface area contributed by atoms with Crippen molar-refractivity contribution in [2.24, 2.45) is 0 Å². The van der Waals surface area contributed by atoms with Crippen molar-refractivity contribution < 1.29 is 18.0 Å². The molecule has 17 heavy (non-hydrogen) atoms. The maximum atomic E-state index is 12.2. The number of rotatable bonds is 3. The van der Waals surface area contributed by atoms with E-state index in [1.807, 2.05) is 0 Å². The minimum absolute atomic E-state index is 0.0363. The lowest BCUT2D eigenvalue weighted by molar-refractivity contribution is -0.137. The minimum atomic E-state index is -4.44. The number of aromatic nitrogens is 1. The average molecular weight is 311 g/mol. The summed E-state index contributed by atoms with van der Waals surface area (Å²) in [4.78, 5) is 15.0. The van der Waals surface area contributed by atoms with Crippen molar-refractivity contribution in [2.75, 3.05) is 5.33 Å². The summed E-state index contributed by atoms with van der Waals surface area (Å²) in [6, 6.07) is 1.77. The SMILES string of the molecule is CC(CBr)NC(=O)c1ccc(C(F)(F)F)cn1. The second kappa shape index (κ2) is 5.48. The molecule has 0 saturated heterocycles. The van der Waals surface area contributed by atoms with E-state index in [0.29, 0.717) is 11.5 Å². The molecule has 1 unspecified atom stereocenters. The molecular weight excluding hydrogens is 301 g/mol. The third-order valence-corrected chi connectivity index (χ3v) is 2.90. The van der Waals surface area contributed by atoms with Gasteiger partial charge >= 0.3 is 6.18 Å². The van der Waals surface area contributed by atoms with Gasteiger partial charge in [0.2, 0.25) is 0 Å². The lowest BCUT2D eigenvalue weighted by Crippen LogP contribution is -2.34. The van der Waals surface area contributed by atoms with Gasteiger partial charge < -0.3 is 5.32 Å². The average Bonchev–Trinajstić information content (AvgIpc) is 2.27. The van der Waals surface area contributed by atoms with Crippen molar-refractivity contribution in [2.45, 2.75) is 19.1 Å². The highest BCUT2D eigenvalue weighted by Crippen LogP contribution is 2.28. The molecule has 1 rings (SSSR count). The highest BCUT2D eigenvalue weighted by atomic mass is 79.9. The zero-order valence-electron chi connectivity index (χ0n) is 8.88. The minimum Gasteiger partial charge on any atom is -0.347 e. The molecule has 7 heteroatoms. The Labute approximate surface area is 105 Å². The number of hydrogen-bond donors (Lipinski definition) is 1. The third kappa shape index (κ3) is 3.99. The fourth-order valence-electron chi connectivity index (χ4n) is 1.03. The largest absolute Gasteiger partial charge is 0.417 e. The lowest BCUT2D eigenvalue weighted by atomic mass is 10.2. The number of alkyl halides is 4. The fourth-order valence-corrected chi connectivity index (χ4v) is 1.19. The third-order valence-electron chi connectivity index (χ3n) is 1.93. The van der Waals surface area contributed by atoms with Gasteiger partial charge in [-0.3, -0.25) is 9.78 Å². The lowest BCUT2D eigenvalue weighted by Gasteiger charge is -2.10. The quantitative estimate of drug-likeness (QED) is 0.872. The Hall–Kier alpha value is -1.11. The number of pyridine rings is 1. The number of carbonyl (C=O) groups excluding carboxylic acids is 1. The highest BCUT2D eigenvalue weighted by Gasteiger charge is 2.30. The summed E-state index contributed by atoms with van der Waals surface area (Å²) in [5.74, 6) is -0.495. The topological polar surface area (TPSA) is 42.0 Å². The molecular formula is C10H10BrF3N2O. The molecule has 0 saturated carbocycles. The first-order chi connectivity index (χ1) is 7.84. The van der Waals surface area contributed by atoms with Crippen LogP contribution in [-0.2, 0) is 6.18 Å². The fraction of sp³-hybridized carbons (Fsp3) is 0.400. The summed E-state index contributed by atoms with van der Waals surface area (Å²) < 4.78 is 36.7. The Kier molecular flexibility index (Phi) is 4.50. The Morgan fingerprint density at radius 3 is 2.59 bits per heavy atom. The van der Waals surface area contributed by atoms with E-state index in [1.165, 1.54) is 0 Å². The van der Waals surface area contributed by atoms with Crippen LogP contribution in [0.2, 0.25) is 0 Å². The van der Waals surface area contributed by atoms with Gasteiger partial charge in [0.05, 0.1) is 5.56 Å². The molecule has 1 aromatic rings. The van der Waals surface area contributed by atoms with Gasteiger partial charge in [0.1, 0.15) is 5.69 Å². The number of nitrogens with one attached hydrogen (secondary N) is 1. The summed E-state index contributed by atoms with van der Waals surface area (Å²) in [5.41, 5.74) is -0.909. The van der Waals surface area contributed by atoms with Gasteiger partial charge in [0.15, 0.2) is 0 Å². The molecule has 0 aromatic carbocycles. The van der Waals surface area contributed by atoms with Crippen LogP contribution in [0, 0.1) is 0 Å². The van der Waals surface area contributed by atoms with Gasteiger partial charge in [0.25, 0.3) is 5.91 Å². The number of hydrogen-bond acceptors (Lipinski definition) is 2. The standard InChI is InChI=1S/C10H10BrF3N2O/c1-6(4-11)16-9(17)8-3-2-7(5-15-8)10(12,13)14/h2-3,5-6H,4H2,1H3,(H,16,17). The van der Waals surface area contributed by atoms with Crippen LogP contribution >= 0.6 is 15.9 Å². The number of nitrogens with zero attached hydrogens (tertiary/aromatic N) is 1. The molecule has 94 valence electrons. The van der Waals surface area contributed by atoms with Gasteiger partial charge in [-0.05, 0) is 19.1 Å². The van der Waals surface area contributed by atoms with Crippen LogP contribution in [0.25, 0.3) is 0 Å². The van der Waals surface area contributed by atoms with Crippen molar-refractivity contribution in [1.82, 2.24) is 10.3 Å². The van der Waals surface area contributed by atoms with Gasteiger partial charge in [-0.2, -0.15) is 13.2 Å². The van der Waals surface area contributed by atoms with Gasteiger partial charge in [-0.25, -0.2) is 0 Å². The van der Waals surface area contributed by atoms with Gasteiger partial charge in [0, 0.05) is 17.6 Å². The van der Waals surface area contributed by atoms with E-state index in [9.17, 15) is 18.0 Å². The molecule has 1 amide bonds. The molecule has 0 bridgehead atoms. The van der Waals surface area contributed by atoms with E-state index < -0.39 is 17.6 Å². The van der Waals surface area contributed by atoms with E-state index in [-0.39, 0.29) is 11.7 Å². The van der Waals surface area contributed by atoms with E-state index >= 15 is 0 Å². The predicted octanol–water partition coefficient (Wildman–Crippen LogP) is 2.61. The zero-order valence-corrected chi connectivity index (χ0v) is 10.5. The maximum Gasteiger partial charge on any atom is 0.417 e. The molecule has 1 heterocycles. The van der Waals surface area contributed by atoms with Crippen LogP contribution < -0.4 is 5.32 Å².